The molecule has 0 saturated carbocycles. The smallest absolute Gasteiger partial charge is 0.409 e. The van der Waals surface area contributed by atoms with Gasteiger partial charge in [-0.1, -0.05) is 54.6 Å². The number of hydrogen-bond acceptors (Lipinski definition) is 6. The maximum Gasteiger partial charge on any atom is 0.409 e. The lowest BCUT2D eigenvalue weighted by atomic mass is 9.68. The molecule has 2 aliphatic heterocycles. The summed E-state index contributed by atoms with van der Waals surface area (Å²) in [6.45, 7) is 0.0263. The van der Waals surface area contributed by atoms with E-state index in [2.05, 4.69) is 0 Å². The number of hydrazine groups is 1. The van der Waals surface area contributed by atoms with Gasteiger partial charge in [-0.3, -0.25) is 24.7 Å². The van der Waals surface area contributed by atoms with Gasteiger partial charge in [0.05, 0.1) is 18.1 Å². The van der Waals surface area contributed by atoms with Crippen LogP contribution in [0.15, 0.2) is 78.9 Å². The zero-order valence-corrected chi connectivity index (χ0v) is 20.1. The summed E-state index contributed by atoms with van der Waals surface area (Å²) in [6, 6.07) is 15.2. The first-order valence-electron chi connectivity index (χ1n) is 11.8. The van der Waals surface area contributed by atoms with Gasteiger partial charge in [0.2, 0.25) is 5.41 Å². The molecule has 0 radical (unpaired) electrons. The van der Waals surface area contributed by atoms with Crippen LogP contribution in [0.2, 0.25) is 0 Å². The van der Waals surface area contributed by atoms with E-state index in [0.717, 1.165) is 36.4 Å². The van der Waals surface area contributed by atoms with Crippen molar-refractivity contribution in [1.82, 2.24) is 10.0 Å². The molecule has 5 rings (SSSR count). The van der Waals surface area contributed by atoms with Crippen LogP contribution in [0, 0.1) is 15.5 Å². The quantitative estimate of drug-likeness (QED) is 0.270. The molecule has 11 heteroatoms. The highest BCUT2D eigenvalue weighted by Gasteiger charge is 2.78. The molecule has 1 amide bonds. The monoisotopic (exact) mass is 525 g/mol. The van der Waals surface area contributed by atoms with Crippen LogP contribution in [0.3, 0.4) is 0 Å². The number of hydrogen-bond donors (Lipinski definition) is 0. The molecule has 0 N–H and O–H groups in total. The number of non-ortho nitro benzene ring substituents is 1. The topological polar surface area (TPSA) is 93.0 Å². The second-order valence-corrected chi connectivity index (χ2v) is 9.14. The van der Waals surface area contributed by atoms with Crippen LogP contribution >= 0.6 is 0 Å². The van der Waals surface area contributed by atoms with E-state index in [-0.39, 0.29) is 28.9 Å². The number of rotatable bonds is 4. The number of alkyl halides is 3. The number of esters is 1. The molecule has 8 nitrogen and oxygen atoms in total. The minimum Gasteiger partial charge on any atom is -0.468 e. The first-order chi connectivity index (χ1) is 18.1. The predicted molar refractivity (Wildman–Crippen MR) is 129 cm³/mol. The van der Waals surface area contributed by atoms with E-state index in [0.29, 0.717) is 12.0 Å². The maximum absolute atomic E-state index is 15.5. The molecular formula is C27H22F3N3O5. The molecule has 0 spiro atoms. The summed E-state index contributed by atoms with van der Waals surface area (Å²) in [6.07, 6.45) is -4.85. The molecule has 0 bridgehead atoms. The van der Waals surface area contributed by atoms with E-state index in [4.69, 9.17) is 4.74 Å². The molecule has 0 aromatic heterocycles. The number of nitro benzene ring substituents is 1. The minimum absolute atomic E-state index is 0.0263. The van der Waals surface area contributed by atoms with Crippen molar-refractivity contribution in [2.75, 3.05) is 13.7 Å². The summed E-state index contributed by atoms with van der Waals surface area (Å²) in [5.41, 5.74) is -2.65. The van der Waals surface area contributed by atoms with Crippen molar-refractivity contribution in [3.8, 4) is 0 Å². The Morgan fingerprint density at radius 2 is 1.61 bits per heavy atom. The number of amides is 1. The number of ether oxygens (including phenoxy) is 1. The van der Waals surface area contributed by atoms with Crippen molar-refractivity contribution >= 4 is 17.6 Å². The zero-order chi connectivity index (χ0) is 27.2. The Morgan fingerprint density at radius 3 is 2.21 bits per heavy atom. The van der Waals surface area contributed by atoms with E-state index in [9.17, 15) is 19.7 Å². The van der Waals surface area contributed by atoms with Gasteiger partial charge in [0.15, 0.2) is 0 Å². The molecule has 0 aliphatic carbocycles. The number of nitro groups is 1. The summed E-state index contributed by atoms with van der Waals surface area (Å²) in [4.78, 5) is 38.0. The van der Waals surface area contributed by atoms with Gasteiger partial charge in [0.1, 0.15) is 6.04 Å². The molecule has 2 heterocycles. The Hall–Kier alpha value is -4.25. The van der Waals surface area contributed by atoms with Gasteiger partial charge in [0, 0.05) is 24.2 Å². The van der Waals surface area contributed by atoms with Crippen molar-refractivity contribution in [2.24, 2.45) is 5.41 Å². The average Bonchev–Trinajstić information content (AvgIpc) is 3.25. The fraction of sp³-hybridized carbons (Fsp3) is 0.259. The number of carbonyl (C=O) groups is 2. The van der Waals surface area contributed by atoms with Crippen LogP contribution in [0.1, 0.15) is 39.1 Å². The highest BCUT2D eigenvalue weighted by molar-refractivity contribution is 5.95. The van der Waals surface area contributed by atoms with Crippen LogP contribution in [0.4, 0.5) is 18.9 Å². The normalized spacial score (nSPS) is 22.9. The molecular weight excluding hydrogens is 503 g/mol. The Bertz CT molecular complexity index is 1400. The highest BCUT2D eigenvalue weighted by atomic mass is 19.4. The van der Waals surface area contributed by atoms with Crippen molar-refractivity contribution in [3.63, 3.8) is 0 Å². The van der Waals surface area contributed by atoms with Gasteiger partial charge < -0.3 is 4.74 Å². The number of methoxy groups -OCH3 is 1. The standard InChI is InChI=1S/C27H22F3N3O5/c1-38-25(35)26(27(28,29)30)22(18-11-13-20(14-12-18)33(36)37)32(24(34)19-8-3-2-4-9-19)31-16-15-17-7-5-6-10-21(17)23(26)31/h2-14,22-23H,15-16H2,1H3/t22-,23+,26+/m1/s1. The largest absolute Gasteiger partial charge is 0.468 e. The maximum atomic E-state index is 15.5. The van der Waals surface area contributed by atoms with E-state index in [1.54, 1.807) is 36.4 Å². The van der Waals surface area contributed by atoms with Gasteiger partial charge >= 0.3 is 12.1 Å². The van der Waals surface area contributed by atoms with Crippen molar-refractivity contribution < 1.29 is 32.4 Å². The third kappa shape index (κ3) is 3.65. The fourth-order valence-electron chi connectivity index (χ4n) is 5.70. The molecule has 1 fully saturated rings. The number of benzene rings is 3. The molecule has 38 heavy (non-hydrogen) atoms. The Morgan fingerprint density at radius 1 is 0.974 bits per heavy atom. The van der Waals surface area contributed by atoms with Crippen LogP contribution in [0.25, 0.3) is 0 Å². The zero-order valence-electron chi connectivity index (χ0n) is 20.1. The number of halogens is 3. The highest BCUT2D eigenvalue weighted by Crippen LogP contribution is 2.66. The molecule has 3 aromatic carbocycles. The van der Waals surface area contributed by atoms with E-state index < -0.39 is 40.5 Å². The van der Waals surface area contributed by atoms with E-state index in [1.165, 1.54) is 23.2 Å². The Balaban J connectivity index is 1.84. The average molecular weight is 525 g/mol. The lowest BCUT2D eigenvalue weighted by Crippen LogP contribution is -2.53. The molecule has 3 atom stereocenters. The van der Waals surface area contributed by atoms with Gasteiger partial charge in [-0.25, -0.2) is 5.01 Å². The van der Waals surface area contributed by atoms with Gasteiger partial charge in [-0.05, 0) is 35.2 Å². The van der Waals surface area contributed by atoms with Crippen LogP contribution < -0.4 is 0 Å². The Labute approximate surface area is 215 Å². The molecule has 2 aliphatic rings. The van der Waals surface area contributed by atoms with Gasteiger partial charge in [-0.15, -0.1) is 0 Å². The summed E-state index contributed by atoms with van der Waals surface area (Å²) >= 11 is 0. The van der Waals surface area contributed by atoms with Crippen LogP contribution in [-0.2, 0) is 16.0 Å². The number of nitrogens with zero attached hydrogens (tertiary/aromatic N) is 3. The SMILES string of the molecule is COC(=O)[C@@]1(C(F)(F)F)[C@@H]2c3ccccc3CCN2N(C(=O)c2ccccc2)[C@@H]1c1ccc([N+](=O)[O-])cc1. The molecule has 0 unspecified atom stereocenters. The third-order valence-electron chi connectivity index (χ3n) is 7.28. The second-order valence-electron chi connectivity index (χ2n) is 9.14. The summed E-state index contributed by atoms with van der Waals surface area (Å²) in [7, 11) is 0.878. The number of carbonyl (C=O) groups excluding carboxylic acids is 2. The molecule has 3 aromatic rings. The Kier molecular flexibility index (Phi) is 6.18. The number of fused-ring (bicyclic) bond motifs is 3. The van der Waals surface area contributed by atoms with Gasteiger partial charge in [-0.2, -0.15) is 13.2 Å². The molecule has 196 valence electrons. The predicted octanol–water partition coefficient (Wildman–Crippen LogP) is 5.03. The summed E-state index contributed by atoms with van der Waals surface area (Å²) in [5.74, 6) is -2.29. The van der Waals surface area contributed by atoms with Gasteiger partial charge in [0.25, 0.3) is 11.6 Å². The first kappa shape index (κ1) is 25.4. The van der Waals surface area contributed by atoms with Crippen molar-refractivity contribution in [1.29, 1.82) is 0 Å². The summed E-state index contributed by atoms with van der Waals surface area (Å²) in [5, 5.41) is 13.5. The van der Waals surface area contributed by atoms with Crippen molar-refractivity contribution in [3.05, 3.63) is 111 Å². The van der Waals surface area contributed by atoms with Crippen molar-refractivity contribution in [2.45, 2.75) is 24.7 Å². The first-order valence-corrected chi connectivity index (χ1v) is 11.8. The lowest BCUT2D eigenvalue weighted by Gasteiger charge is -2.40. The minimum atomic E-state index is -5.19. The lowest BCUT2D eigenvalue weighted by molar-refractivity contribution is -0.384. The third-order valence-corrected chi connectivity index (χ3v) is 7.28. The van der Waals surface area contributed by atoms with Crippen LogP contribution in [-0.4, -0.2) is 46.6 Å². The summed E-state index contributed by atoms with van der Waals surface area (Å²) < 4.78 is 51.4. The fourth-order valence-corrected chi connectivity index (χ4v) is 5.70. The molecule has 1 saturated heterocycles. The van der Waals surface area contributed by atoms with Crippen LogP contribution in [0.5, 0.6) is 0 Å². The van der Waals surface area contributed by atoms with E-state index >= 15 is 13.2 Å². The second kappa shape index (κ2) is 9.25. The van der Waals surface area contributed by atoms with E-state index in [1.807, 2.05) is 0 Å².